The summed E-state index contributed by atoms with van der Waals surface area (Å²) in [6.45, 7) is 7.53. The predicted octanol–water partition coefficient (Wildman–Crippen LogP) is 5.29. The van der Waals surface area contributed by atoms with Crippen LogP contribution >= 0.6 is 0 Å². The summed E-state index contributed by atoms with van der Waals surface area (Å²) in [5.74, 6) is 6.84. The van der Waals surface area contributed by atoms with Gasteiger partial charge in [0.1, 0.15) is 5.84 Å². The zero-order valence-corrected chi connectivity index (χ0v) is 28.2. The number of hydrogen-bond donors (Lipinski definition) is 2. The number of aliphatic imine (C=N–C) groups is 2. The van der Waals surface area contributed by atoms with E-state index < -0.39 is 5.79 Å². The van der Waals surface area contributed by atoms with Crippen LogP contribution in [-0.4, -0.2) is 79.4 Å². The Bertz CT molecular complexity index is 1800. The van der Waals surface area contributed by atoms with Gasteiger partial charge in [-0.3, -0.25) is 20.7 Å². The summed E-state index contributed by atoms with van der Waals surface area (Å²) >= 11 is 0. The highest BCUT2D eigenvalue weighted by atomic mass is 15.6. The van der Waals surface area contributed by atoms with Crippen LogP contribution in [0.25, 0.3) is 21.8 Å². The Morgan fingerprint density at radius 3 is 2.02 bits per heavy atom. The molecule has 46 heavy (non-hydrogen) atoms. The van der Waals surface area contributed by atoms with Gasteiger partial charge in [0.05, 0.1) is 11.0 Å². The molecule has 1 unspecified atom stereocenters. The molecule has 0 amide bonds. The van der Waals surface area contributed by atoms with Crippen LogP contribution in [0.2, 0.25) is 0 Å². The van der Waals surface area contributed by atoms with E-state index in [4.69, 9.17) is 31.5 Å². The lowest BCUT2D eigenvalue weighted by Crippen LogP contribution is -2.60. The molecule has 0 bridgehead atoms. The minimum atomic E-state index is -1.37. The number of aryl methyl sites for hydroxylation is 2. The van der Waals surface area contributed by atoms with Crippen molar-refractivity contribution in [3.63, 3.8) is 0 Å². The first-order valence-electron chi connectivity index (χ1n) is 16.5. The largest absolute Gasteiger partial charge is 0.377 e. The van der Waals surface area contributed by atoms with Crippen molar-refractivity contribution in [2.45, 2.75) is 58.2 Å². The van der Waals surface area contributed by atoms with E-state index in [9.17, 15) is 0 Å². The van der Waals surface area contributed by atoms with Crippen LogP contribution < -0.4 is 21.4 Å². The summed E-state index contributed by atoms with van der Waals surface area (Å²) in [7, 11) is 8.18. The third-order valence-electron chi connectivity index (χ3n) is 9.21. The van der Waals surface area contributed by atoms with Gasteiger partial charge in [0.2, 0.25) is 5.79 Å². The van der Waals surface area contributed by atoms with Crippen molar-refractivity contribution < 1.29 is 0 Å². The van der Waals surface area contributed by atoms with Crippen molar-refractivity contribution >= 4 is 44.9 Å². The lowest BCUT2D eigenvalue weighted by atomic mass is 10.0. The predicted molar refractivity (Wildman–Crippen MR) is 192 cm³/mol. The average molecular weight is 621 g/mol. The number of rotatable bonds is 9. The molecule has 1 fully saturated rings. The van der Waals surface area contributed by atoms with E-state index in [1.807, 2.05) is 52.2 Å². The number of benzene rings is 2. The Labute approximate surface area is 272 Å². The molecule has 242 valence electrons. The number of aromatic nitrogens is 2. The van der Waals surface area contributed by atoms with Gasteiger partial charge in [-0.05, 0) is 102 Å². The lowest BCUT2D eigenvalue weighted by Gasteiger charge is -2.40. The lowest BCUT2D eigenvalue weighted by molar-refractivity contribution is 0.183. The summed E-state index contributed by atoms with van der Waals surface area (Å²) in [5.41, 5.74) is 14.9. The minimum Gasteiger partial charge on any atom is -0.377 e. The fraction of sp³-hybridized carbons (Fsp3) is 0.444. The van der Waals surface area contributed by atoms with Crippen molar-refractivity contribution in [1.29, 1.82) is 0 Å². The van der Waals surface area contributed by atoms with Crippen molar-refractivity contribution in [1.82, 2.24) is 19.9 Å². The van der Waals surface area contributed by atoms with Crippen LogP contribution in [0.15, 0.2) is 58.5 Å². The third-order valence-corrected chi connectivity index (χ3v) is 9.21. The van der Waals surface area contributed by atoms with Gasteiger partial charge in [-0.2, -0.15) is 0 Å². The van der Waals surface area contributed by atoms with Crippen molar-refractivity contribution in [2.24, 2.45) is 21.6 Å². The second-order valence-electron chi connectivity index (χ2n) is 13.2. The first kappa shape index (κ1) is 31.8. The number of piperidine rings is 1. The highest BCUT2D eigenvalue weighted by Crippen LogP contribution is 2.34. The number of nitrogens with zero attached hydrogens (tertiary/aromatic N) is 8. The quantitative estimate of drug-likeness (QED) is 0.192. The average Bonchev–Trinajstić information content (AvgIpc) is 3.04. The SMILES string of the molecule is Cc1cc(N(C)C)c2cc(C3=NC(N)(c4ccc5nc(C)cc(N(C)C)c5c4)N(N)C(CCCCN4CCCCC4)=N3)ccc2n1. The van der Waals surface area contributed by atoms with Gasteiger partial charge < -0.3 is 14.7 Å². The number of likely N-dealkylation sites (tertiary alicyclic amines) is 1. The molecule has 4 aromatic rings. The van der Waals surface area contributed by atoms with Crippen LogP contribution in [-0.2, 0) is 5.79 Å². The third kappa shape index (κ3) is 6.29. The van der Waals surface area contributed by atoms with Crippen molar-refractivity contribution in [2.75, 3.05) is 57.6 Å². The summed E-state index contributed by atoms with van der Waals surface area (Å²) in [6, 6.07) is 16.5. The molecule has 0 saturated carbocycles. The summed E-state index contributed by atoms with van der Waals surface area (Å²) in [5, 5.41) is 3.61. The molecule has 0 spiro atoms. The standard InChI is InChI=1S/C36H48N10/c1-24-20-32(43(3)4)28-22-26(13-15-30(28)39-24)35-41-34(12-8-11-19-45-17-9-7-10-18-45)46(38)36(37,42-35)27-14-16-31-29(23-27)33(44(5)6)21-25(2)40-31/h13-16,20-23H,7-12,17-19,37-38H2,1-6H3. The van der Waals surface area contributed by atoms with Crippen molar-refractivity contribution in [3.8, 4) is 0 Å². The molecule has 10 nitrogen and oxygen atoms in total. The van der Waals surface area contributed by atoms with Gasteiger partial charge in [0.15, 0.2) is 5.84 Å². The van der Waals surface area contributed by atoms with Crippen molar-refractivity contribution in [3.05, 3.63) is 71.0 Å². The van der Waals surface area contributed by atoms with Gasteiger partial charge in [-0.25, -0.2) is 15.8 Å². The van der Waals surface area contributed by atoms with Gasteiger partial charge in [0.25, 0.3) is 0 Å². The number of pyridine rings is 2. The van der Waals surface area contributed by atoms with E-state index in [2.05, 4.69) is 53.1 Å². The van der Waals surface area contributed by atoms with Crippen LogP contribution in [0.4, 0.5) is 11.4 Å². The molecule has 10 heteroatoms. The maximum atomic E-state index is 7.29. The number of unbranched alkanes of at least 4 members (excludes halogenated alkanes) is 1. The summed E-state index contributed by atoms with van der Waals surface area (Å²) < 4.78 is 0. The topological polar surface area (TPSA) is 116 Å². The number of hydrogen-bond acceptors (Lipinski definition) is 10. The molecule has 4 N–H and O–H groups in total. The number of nitrogens with two attached hydrogens (primary N) is 2. The first-order chi connectivity index (χ1) is 22.0. The molecular formula is C36H48N10. The molecular weight excluding hydrogens is 572 g/mol. The minimum absolute atomic E-state index is 0.567. The Kier molecular flexibility index (Phi) is 8.96. The molecule has 2 aliphatic rings. The molecule has 1 saturated heterocycles. The normalized spacial score (nSPS) is 19.0. The molecule has 0 aliphatic carbocycles. The van der Waals surface area contributed by atoms with E-state index in [0.29, 0.717) is 12.3 Å². The molecule has 1 atom stereocenters. The van der Waals surface area contributed by atoms with E-state index >= 15 is 0 Å². The Balaban J connectivity index is 1.42. The van der Waals surface area contributed by atoms with E-state index in [-0.39, 0.29) is 0 Å². The molecule has 2 aliphatic heterocycles. The number of fused-ring (bicyclic) bond motifs is 2. The molecule has 4 heterocycles. The Morgan fingerprint density at radius 1 is 0.783 bits per heavy atom. The van der Waals surface area contributed by atoms with Gasteiger partial charge >= 0.3 is 0 Å². The van der Waals surface area contributed by atoms with Crippen LogP contribution in [0.5, 0.6) is 0 Å². The van der Waals surface area contributed by atoms with Gasteiger partial charge in [-0.1, -0.05) is 12.5 Å². The Morgan fingerprint density at radius 2 is 1.39 bits per heavy atom. The zero-order valence-electron chi connectivity index (χ0n) is 28.2. The van der Waals surface area contributed by atoms with Gasteiger partial charge in [-0.15, -0.1) is 0 Å². The van der Waals surface area contributed by atoms with Crippen LogP contribution in [0, 0.1) is 13.8 Å². The smallest absolute Gasteiger partial charge is 0.228 e. The fourth-order valence-corrected chi connectivity index (χ4v) is 6.70. The highest BCUT2D eigenvalue weighted by molar-refractivity contribution is 6.10. The monoisotopic (exact) mass is 620 g/mol. The molecule has 0 radical (unpaired) electrons. The second kappa shape index (κ2) is 12.9. The second-order valence-corrected chi connectivity index (χ2v) is 13.2. The molecule has 2 aromatic carbocycles. The van der Waals surface area contributed by atoms with E-state index in [1.54, 1.807) is 5.01 Å². The number of amidine groups is 2. The summed E-state index contributed by atoms with van der Waals surface area (Å²) in [4.78, 5) is 26.6. The number of anilines is 2. The zero-order chi connectivity index (χ0) is 32.6. The van der Waals surface area contributed by atoms with E-state index in [1.165, 1.54) is 32.4 Å². The van der Waals surface area contributed by atoms with Crippen LogP contribution in [0.3, 0.4) is 0 Å². The maximum absolute atomic E-state index is 7.29. The number of hydrazine groups is 1. The molecule has 2 aromatic heterocycles. The summed E-state index contributed by atoms with van der Waals surface area (Å²) in [6.07, 6.45) is 6.69. The maximum Gasteiger partial charge on any atom is 0.228 e. The first-order valence-corrected chi connectivity index (χ1v) is 16.5. The van der Waals surface area contributed by atoms with Crippen LogP contribution in [0.1, 0.15) is 61.0 Å². The van der Waals surface area contributed by atoms with Gasteiger partial charge in [0, 0.05) is 79.3 Å². The Hall–Kier alpha value is -4.12. The fourth-order valence-electron chi connectivity index (χ4n) is 6.70. The highest BCUT2D eigenvalue weighted by Gasteiger charge is 2.39. The molecule has 6 rings (SSSR count). The van der Waals surface area contributed by atoms with E-state index in [0.717, 1.165) is 80.9 Å².